The Hall–Kier alpha value is -0.630. The molecule has 1 aromatic rings. The van der Waals surface area contributed by atoms with Crippen molar-refractivity contribution in [2.75, 3.05) is 0 Å². The minimum Gasteiger partial charge on any atom is -0.207 e. The first-order valence-electron chi connectivity index (χ1n) is 3.46. The van der Waals surface area contributed by atoms with Crippen LogP contribution >= 0.6 is 22.6 Å². The van der Waals surface area contributed by atoms with Crippen LogP contribution in [0.3, 0.4) is 0 Å². The van der Waals surface area contributed by atoms with E-state index >= 15 is 0 Å². The largest absolute Gasteiger partial charge is 0.207 e. The highest BCUT2D eigenvalue weighted by Gasteiger charge is 2.03. The Kier molecular flexibility index (Phi) is 3.04. The molecule has 0 heterocycles. The topological polar surface area (TPSA) is 23.8 Å². The molecule has 0 atom stereocenters. The Balaban J connectivity index is 3.14. The van der Waals surface area contributed by atoms with Gasteiger partial charge in [0.15, 0.2) is 0 Å². The van der Waals surface area contributed by atoms with Crippen molar-refractivity contribution in [1.82, 2.24) is 0 Å². The Bertz CT molecular complexity index is 318. The second-order valence-electron chi connectivity index (χ2n) is 2.52. The third-order valence-electron chi connectivity index (χ3n) is 1.62. The summed E-state index contributed by atoms with van der Waals surface area (Å²) in [6.07, 6.45) is 0.271. The summed E-state index contributed by atoms with van der Waals surface area (Å²) in [6.45, 7) is 1.73. The third kappa shape index (κ3) is 1.95. The lowest BCUT2D eigenvalue weighted by Gasteiger charge is -2.01. The van der Waals surface area contributed by atoms with Gasteiger partial charge in [-0.15, -0.1) is 0 Å². The van der Waals surface area contributed by atoms with E-state index in [2.05, 4.69) is 22.6 Å². The van der Waals surface area contributed by atoms with Gasteiger partial charge in [0.25, 0.3) is 0 Å². The summed E-state index contributed by atoms with van der Waals surface area (Å²) in [7, 11) is 0. The predicted molar refractivity (Wildman–Crippen MR) is 53.2 cm³/mol. The van der Waals surface area contributed by atoms with E-state index in [0.717, 1.165) is 9.13 Å². The molecule has 1 nitrogen and oxygen atoms in total. The van der Waals surface area contributed by atoms with Gasteiger partial charge in [-0.3, -0.25) is 0 Å². The molecule has 3 heteroatoms. The van der Waals surface area contributed by atoms with Crippen LogP contribution in [0.2, 0.25) is 0 Å². The lowest BCUT2D eigenvalue weighted by atomic mass is 10.1. The summed E-state index contributed by atoms with van der Waals surface area (Å²) in [5.74, 6) is -0.229. The molecule has 0 radical (unpaired) electrons. The molecule has 0 N–H and O–H groups in total. The molecule has 0 aromatic heterocycles. The van der Waals surface area contributed by atoms with Crippen molar-refractivity contribution < 1.29 is 4.39 Å². The second kappa shape index (κ2) is 3.85. The van der Waals surface area contributed by atoms with Crippen LogP contribution in [0.15, 0.2) is 12.1 Å². The summed E-state index contributed by atoms with van der Waals surface area (Å²) in [5, 5.41) is 8.40. The lowest BCUT2D eigenvalue weighted by molar-refractivity contribution is 0.615. The summed E-state index contributed by atoms with van der Waals surface area (Å²) in [6, 6.07) is 5.24. The van der Waals surface area contributed by atoms with E-state index in [4.69, 9.17) is 5.26 Å². The van der Waals surface area contributed by atoms with Gasteiger partial charge in [0, 0.05) is 3.57 Å². The molecule has 62 valence electrons. The van der Waals surface area contributed by atoms with Crippen molar-refractivity contribution in [1.29, 1.82) is 5.26 Å². The average molecular weight is 275 g/mol. The molecule has 0 aliphatic rings. The summed E-state index contributed by atoms with van der Waals surface area (Å²) in [4.78, 5) is 0. The van der Waals surface area contributed by atoms with Crippen molar-refractivity contribution in [2.45, 2.75) is 13.3 Å². The number of nitriles is 1. The van der Waals surface area contributed by atoms with E-state index in [9.17, 15) is 4.39 Å². The maximum Gasteiger partial charge on any atom is 0.127 e. The molecule has 0 unspecified atom stereocenters. The fraction of sp³-hybridized carbons (Fsp3) is 0.222. The Morgan fingerprint density at radius 2 is 2.25 bits per heavy atom. The van der Waals surface area contributed by atoms with E-state index in [1.54, 1.807) is 6.92 Å². The zero-order valence-corrected chi connectivity index (χ0v) is 8.72. The maximum absolute atomic E-state index is 13.0. The number of rotatable bonds is 1. The third-order valence-corrected chi connectivity index (χ3v) is 2.74. The van der Waals surface area contributed by atoms with E-state index in [0.29, 0.717) is 5.56 Å². The summed E-state index contributed by atoms with van der Waals surface area (Å²) in [5.41, 5.74) is 1.39. The number of hydrogen-bond donors (Lipinski definition) is 0. The smallest absolute Gasteiger partial charge is 0.127 e. The zero-order chi connectivity index (χ0) is 9.14. The van der Waals surface area contributed by atoms with Gasteiger partial charge in [-0.2, -0.15) is 5.26 Å². The monoisotopic (exact) mass is 275 g/mol. The van der Waals surface area contributed by atoms with Gasteiger partial charge in [-0.1, -0.05) is 0 Å². The van der Waals surface area contributed by atoms with Gasteiger partial charge in [-0.25, -0.2) is 4.39 Å². The van der Waals surface area contributed by atoms with Crippen molar-refractivity contribution in [3.63, 3.8) is 0 Å². The first kappa shape index (κ1) is 9.46. The van der Waals surface area contributed by atoms with Gasteiger partial charge in [0.05, 0.1) is 12.5 Å². The zero-order valence-electron chi connectivity index (χ0n) is 6.56. The van der Waals surface area contributed by atoms with Crippen molar-refractivity contribution in [3.8, 4) is 6.07 Å². The highest BCUT2D eigenvalue weighted by atomic mass is 127. The first-order valence-corrected chi connectivity index (χ1v) is 4.54. The minimum absolute atomic E-state index is 0.229. The van der Waals surface area contributed by atoms with Crippen molar-refractivity contribution in [2.24, 2.45) is 0 Å². The molecule has 1 aromatic carbocycles. The number of benzene rings is 1. The highest BCUT2D eigenvalue weighted by Crippen LogP contribution is 2.17. The number of nitrogens with zero attached hydrogens (tertiary/aromatic N) is 1. The Morgan fingerprint density at radius 3 is 2.75 bits per heavy atom. The van der Waals surface area contributed by atoms with Gasteiger partial charge in [0.2, 0.25) is 0 Å². The SMILES string of the molecule is Cc1c(F)cc(CC#N)cc1I. The van der Waals surface area contributed by atoms with Crippen molar-refractivity contribution in [3.05, 3.63) is 32.6 Å². The van der Waals surface area contributed by atoms with Crippen LogP contribution in [-0.4, -0.2) is 0 Å². The molecule has 1 rings (SSSR count). The molecule has 12 heavy (non-hydrogen) atoms. The number of hydrogen-bond acceptors (Lipinski definition) is 1. The van der Waals surface area contributed by atoms with Gasteiger partial charge < -0.3 is 0 Å². The summed E-state index contributed by atoms with van der Waals surface area (Å²) >= 11 is 2.07. The first-order chi connectivity index (χ1) is 5.65. The van der Waals surface area contributed by atoms with Crippen LogP contribution in [0.4, 0.5) is 4.39 Å². The maximum atomic E-state index is 13.0. The van der Waals surface area contributed by atoms with Gasteiger partial charge in [0.1, 0.15) is 5.82 Å². The molecule has 0 amide bonds. The predicted octanol–water partition coefficient (Wildman–Crippen LogP) is 2.80. The van der Waals surface area contributed by atoms with Crippen LogP contribution in [-0.2, 0) is 6.42 Å². The molecular weight excluding hydrogens is 268 g/mol. The van der Waals surface area contributed by atoms with E-state index in [1.165, 1.54) is 6.07 Å². The molecule has 0 spiro atoms. The standard InChI is InChI=1S/C9H7FIN/c1-6-8(10)4-7(2-3-12)5-9(6)11/h4-5H,2H2,1H3. The van der Waals surface area contributed by atoms with E-state index < -0.39 is 0 Å². The highest BCUT2D eigenvalue weighted by molar-refractivity contribution is 14.1. The fourth-order valence-electron chi connectivity index (χ4n) is 0.891. The van der Waals surface area contributed by atoms with Crippen LogP contribution in [0.5, 0.6) is 0 Å². The van der Waals surface area contributed by atoms with Crippen LogP contribution < -0.4 is 0 Å². The van der Waals surface area contributed by atoms with Gasteiger partial charge in [-0.05, 0) is 52.8 Å². The summed E-state index contributed by atoms with van der Waals surface area (Å²) < 4.78 is 13.9. The number of halogens is 2. The average Bonchev–Trinajstić information content (AvgIpc) is 2.01. The quantitative estimate of drug-likeness (QED) is 0.723. The molecular formula is C9H7FIN. The molecule has 0 bridgehead atoms. The Morgan fingerprint density at radius 1 is 1.58 bits per heavy atom. The van der Waals surface area contributed by atoms with Gasteiger partial charge >= 0.3 is 0 Å². The lowest BCUT2D eigenvalue weighted by Crippen LogP contribution is -1.91. The molecule has 0 saturated carbocycles. The molecule has 0 aliphatic carbocycles. The molecule has 0 fully saturated rings. The van der Waals surface area contributed by atoms with Crippen LogP contribution in [0.1, 0.15) is 11.1 Å². The van der Waals surface area contributed by atoms with E-state index in [1.807, 2.05) is 12.1 Å². The normalized spacial score (nSPS) is 9.50. The van der Waals surface area contributed by atoms with Crippen molar-refractivity contribution >= 4 is 22.6 Å². The molecule has 0 aliphatic heterocycles. The molecule has 0 saturated heterocycles. The second-order valence-corrected chi connectivity index (χ2v) is 3.68. The Labute approximate surface area is 84.3 Å². The van der Waals surface area contributed by atoms with Crippen LogP contribution in [0.25, 0.3) is 0 Å². The van der Waals surface area contributed by atoms with E-state index in [-0.39, 0.29) is 12.2 Å². The fourth-order valence-corrected chi connectivity index (χ4v) is 1.55. The van der Waals surface area contributed by atoms with Crippen LogP contribution in [0, 0.1) is 27.6 Å². The minimum atomic E-state index is -0.229.